The van der Waals surface area contributed by atoms with E-state index < -0.39 is 21.7 Å². The zero-order valence-corrected chi connectivity index (χ0v) is 18.4. The number of piperidine rings is 1. The monoisotopic (exact) mass is 434 g/mol. The van der Waals surface area contributed by atoms with Crippen LogP contribution in [0.4, 0.5) is 5.69 Å². The number of rotatable bonds is 2. The van der Waals surface area contributed by atoms with Crippen molar-refractivity contribution in [3.05, 3.63) is 24.3 Å². The Morgan fingerprint density at radius 2 is 2.00 bits per heavy atom. The molecule has 2 amide bonds. The first kappa shape index (κ1) is 21.1. The van der Waals surface area contributed by atoms with E-state index in [1.165, 1.54) is 0 Å². The van der Waals surface area contributed by atoms with Gasteiger partial charge in [0.2, 0.25) is 21.8 Å². The lowest BCUT2D eigenvalue weighted by atomic mass is 9.99. The van der Waals surface area contributed by atoms with Crippen molar-refractivity contribution >= 4 is 27.5 Å². The predicted octanol–water partition coefficient (Wildman–Crippen LogP) is 1.75. The van der Waals surface area contributed by atoms with Gasteiger partial charge in [0.15, 0.2) is 0 Å². The summed E-state index contributed by atoms with van der Waals surface area (Å²) in [6.45, 7) is 5.70. The van der Waals surface area contributed by atoms with Crippen molar-refractivity contribution in [3.8, 4) is 0 Å². The summed E-state index contributed by atoms with van der Waals surface area (Å²) >= 11 is 0. The van der Waals surface area contributed by atoms with Crippen LogP contribution in [0.5, 0.6) is 0 Å². The van der Waals surface area contributed by atoms with Crippen molar-refractivity contribution in [1.29, 1.82) is 0 Å². The number of benzene rings is 1. The number of hydrogen-bond acceptors (Lipinski definition) is 5. The van der Waals surface area contributed by atoms with Crippen molar-refractivity contribution in [3.63, 3.8) is 0 Å². The highest BCUT2D eigenvalue weighted by atomic mass is 32.2. The molecule has 30 heavy (non-hydrogen) atoms. The molecule has 3 atom stereocenters. The summed E-state index contributed by atoms with van der Waals surface area (Å²) in [4.78, 5) is 29.6. The number of carbonyl (C=O) groups excluding carboxylic acids is 2. The largest absolute Gasteiger partial charge is 0.365 e. The molecule has 0 bridgehead atoms. The molecule has 164 valence electrons. The molecule has 2 saturated heterocycles. The van der Waals surface area contributed by atoms with Crippen LogP contribution in [0.2, 0.25) is 0 Å². The molecule has 1 aromatic rings. The molecule has 0 radical (unpaired) electrons. The molecule has 1 aromatic carbocycles. The highest BCUT2D eigenvalue weighted by Gasteiger charge is 2.44. The fourth-order valence-corrected chi connectivity index (χ4v) is 6.39. The van der Waals surface area contributed by atoms with Crippen LogP contribution in [0.25, 0.3) is 0 Å². The second-order valence-corrected chi connectivity index (χ2v) is 10.5. The maximum absolute atomic E-state index is 13.0. The predicted molar refractivity (Wildman–Crippen MR) is 113 cm³/mol. The van der Waals surface area contributed by atoms with Crippen molar-refractivity contribution in [1.82, 2.24) is 14.5 Å². The Bertz CT molecular complexity index is 950. The van der Waals surface area contributed by atoms with Gasteiger partial charge in [-0.15, -0.1) is 0 Å². The molecule has 4 rings (SSSR count). The van der Waals surface area contributed by atoms with E-state index in [1.54, 1.807) is 36.1 Å². The summed E-state index contributed by atoms with van der Waals surface area (Å²) in [7, 11) is -3.68. The van der Waals surface area contributed by atoms with Crippen LogP contribution < -0.4 is 10.0 Å². The number of nitrogens with one attached hydrogen (secondary N) is 2. The maximum Gasteiger partial charge on any atom is 0.245 e. The zero-order chi connectivity index (χ0) is 21.5. The highest BCUT2D eigenvalue weighted by molar-refractivity contribution is 7.89. The van der Waals surface area contributed by atoms with Crippen LogP contribution in [0.15, 0.2) is 29.2 Å². The number of hydrogen-bond donors (Lipinski definition) is 2. The van der Waals surface area contributed by atoms with E-state index in [4.69, 9.17) is 0 Å². The first-order valence-corrected chi connectivity index (χ1v) is 12.2. The Hall–Kier alpha value is -2.13. The topological polar surface area (TPSA) is 98.8 Å². The minimum Gasteiger partial charge on any atom is -0.365 e. The number of fused-ring (bicyclic) bond motifs is 1. The molecule has 0 saturated carbocycles. The summed E-state index contributed by atoms with van der Waals surface area (Å²) in [5.74, 6) is 0.338. The third kappa shape index (κ3) is 3.92. The van der Waals surface area contributed by atoms with Gasteiger partial charge in [0.05, 0.1) is 5.69 Å². The van der Waals surface area contributed by atoms with Gasteiger partial charge in [-0.05, 0) is 44.2 Å². The van der Waals surface area contributed by atoms with Crippen molar-refractivity contribution in [2.45, 2.75) is 62.6 Å². The van der Waals surface area contributed by atoms with E-state index in [9.17, 15) is 18.0 Å². The zero-order valence-electron chi connectivity index (χ0n) is 17.6. The Kier molecular flexibility index (Phi) is 5.52. The van der Waals surface area contributed by atoms with Crippen molar-refractivity contribution in [2.24, 2.45) is 5.92 Å². The summed E-state index contributed by atoms with van der Waals surface area (Å²) in [5, 5.41) is 3.32. The van der Waals surface area contributed by atoms with Crippen LogP contribution in [-0.4, -0.2) is 61.4 Å². The number of anilines is 1. The van der Waals surface area contributed by atoms with Gasteiger partial charge in [0.25, 0.3) is 0 Å². The molecule has 2 N–H and O–H groups in total. The molecule has 3 heterocycles. The first-order chi connectivity index (χ1) is 14.2. The minimum absolute atomic E-state index is 0.0200. The van der Waals surface area contributed by atoms with Crippen LogP contribution in [0.1, 0.15) is 46.0 Å². The Balaban J connectivity index is 1.52. The average Bonchev–Trinajstić information content (AvgIpc) is 2.85. The lowest BCUT2D eigenvalue weighted by molar-refractivity contribution is -0.145. The van der Waals surface area contributed by atoms with Crippen molar-refractivity contribution < 1.29 is 18.0 Å². The van der Waals surface area contributed by atoms with Gasteiger partial charge in [0, 0.05) is 32.5 Å². The number of nitrogens with zero attached hydrogens (tertiary/aromatic N) is 2. The summed E-state index contributed by atoms with van der Waals surface area (Å²) in [6, 6.07) is 6.22. The van der Waals surface area contributed by atoms with E-state index in [-0.39, 0.29) is 23.1 Å². The Morgan fingerprint density at radius 1 is 1.23 bits per heavy atom. The molecular weight excluding hydrogens is 404 g/mol. The summed E-state index contributed by atoms with van der Waals surface area (Å²) < 4.78 is 28.4. The van der Waals surface area contributed by atoms with Crippen LogP contribution in [0, 0.1) is 5.92 Å². The normalized spacial score (nSPS) is 29.7. The third-order valence-corrected chi connectivity index (χ3v) is 8.13. The summed E-state index contributed by atoms with van der Waals surface area (Å²) in [5.41, 5.74) is -0.386. The van der Waals surface area contributed by atoms with E-state index in [2.05, 4.69) is 17.0 Å². The van der Waals surface area contributed by atoms with Gasteiger partial charge < -0.3 is 15.1 Å². The quantitative estimate of drug-likeness (QED) is 0.739. The standard InChI is InChI=1S/C21H30N4O4S/c1-15-6-5-12-24(14-15)20(27)16(2)25-13-11-21(10-9-19(25)26)22-17-7-3-4-8-18(17)30(28,29)23-21/h3-4,7-8,15-16,22-23H,5-6,9-14H2,1-2H3/t15-,16+,21-/m0/s1. The molecule has 8 nitrogen and oxygen atoms in total. The molecule has 3 aliphatic heterocycles. The number of likely N-dealkylation sites (tertiary alicyclic amines) is 2. The van der Waals surface area contributed by atoms with Crippen molar-refractivity contribution in [2.75, 3.05) is 25.0 Å². The number of amides is 2. The summed E-state index contributed by atoms with van der Waals surface area (Å²) in [6.07, 6.45) is 3.00. The van der Waals surface area contributed by atoms with Gasteiger partial charge in [-0.3, -0.25) is 9.59 Å². The van der Waals surface area contributed by atoms with E-state index >= 15 is 0 Å². The number of para-hydroxylation sites is 1. The maximum atomic E-state index is 13.0. The Morgan fingerprint density at radius 3 is 2.77 bits per heavy atom. The third-order valence-electron chi connectivity index (χ3n) is 6.54. The van der Waals surface area contributed by atoms with Gasteiger partial charge in [0.1, 0.15) is 16.6 Å². The SMILES string of the molecule is C[C@H]1CCCN(C(=O)[C@@H](C)N2CC[C@@]3(CCC2=O)Nc2ccccc2S(=O)(=O)N3)C1. The molecule has 0 aromatic heterocycles. The molecule has 0 unspecified atom stereocenters. The van der Waals surface area contributed by atoms with Gasteiger partial charge >= 0.3 is 0 Å². The lowest BCUT2D eigenvalue weighted by Gasteiger charge is -2.40. The lowest BCUT2D eigenvalue weighted by Crippen LogP contribution is -2.58. The smallest absolute Gasteiger partial charge is 0.245 e. The van der Waals surface area contributed by atoms with Gasteiger partial charge in [-0.2, -0.15) is 4.72 Å². The van der Waals surface area contributed by atoms with Crippen LogP contribution >= 0.6 is 0 Å². The number of carbonyl (C=O) groups is 2. The molecule has 0 aliphatic carbocycles. The molecule has 1 spiro atoms. The second-order valence-electron chi connectivity index (χ2n) is 8.85. The Labute approximate surface area is 178 Å². The second kappa shape index (κ2) is 7.85. The molecule has 3 aliphatic rings. The van der Waals surface area contributed by atoms with E-state index in [0.717, 1.165) is 25.9 Å². The van der Waals surface area contributed by atoms with Gasteiger partial charge in [-0.1, -0.05) is 19.1 Å². The van der Waals surface area contributed by atoms with Crippen LogP contribution in [0.3, 0.4) is 0 Å². The fraction of sp³-hybridized carbons (Fsp3) is 0.619. The molecule has 9 heteroatoms. The average molecular weight is 435 g/mol. The number of sulfonamides is 1. The fourth-order valence-electron chi connectivity index (χ4n) is 4.85. The molecular formula is C21H30N4O4S. The van der Waals surface area contributed by atoms with Crippen LogP contribution in [-0.2, 0) is 19.6 Å². The van der Waals surface area contributed by atoms with E-state index in [1.807, 2.05) is 4.90 Å². The van der Waals surface area contributed by atoms with Gasteiger partial charge in [-0.25, -0.2) is 8.42 Å². The first-order valence-electron chi connectivity index (χ1n) is 10.7. The molecule has 2 fully saturated rings. The highest BCUT2D eigenvalue weighted by Crippen LogP contribution is 2.35. The minimum atomic E-state index is -3.68. The van der Waals surface area contributed by atoms with E-state index in [0.29, 0.717) is 31.0 Å².